The van der Waals surface area contributed by atoms with Crippen molar-refractivity contribution < 1.29 is 14.3 Å². The number of aromatic nitrogens is 3. The molecule has 0 aliphatic heterocycles. The summed E-state index contributed by atoms with van der Waals surface area (Å²) in [5, 5.41) is 8.19. The maximum absolute atomic E-state index is 12.8. The van der Waals surface area contributed by atoms with Crippen LogP contribution in [-0.4, -0.2) is 42.2 Å². The fourth-order valence-corrected chi connectivity index (χ4v) is 2.68. The van der Waals surface area contributed by atoms with Crippen LogP contribution in [0.25, 0.3) is 11.0 Å². The average molecular weight is 340 g/mol. The highest BCUT2D eigenvalue weighted by atomic mass is 16.5. The number of fused-ring (bicyclic) bond motifs is 1. The lowest BCUT2D eigenvalue weighted by molar-refractivity contribution is 0.0993. The molecule has 130 valence electrons. The van der Waals surface area contributed by atoms with Crippen molar-refractivity contribution in [3.63, 3.8) is 0 Å². The summed E-state index contributed by atoms with van der Waals surface area (Å²) in [6.07, 6.45) is 0. The third-order valence-corrected chi connectivity index (χ3v) is 4.12. The molecular formula is C18H20N4O3. The van der Waals surface area contributed by atoms with Gasteiger partial charge in [-0.25, -0.2) is 4.68 Å². The standard InChI is InChI=1S/C18H20N4O3/c1-5-22-15-8-6-12(10-14(15)19-20-22)18(23)21(2)13-7-9-16(24-3)17(11-13)25-4/h6-11H,5H2,1-4H3. The van der Waals surface area contributed by atoms with Gasteiger partial charge in [-0.05, 0) is 37.3 Å². The first-order chi connectivity index (χ1) is 12.1. The molecule has 0 radical (unpaired) electrons. The summed E-state index contributed by atoms with van der Waals surface area (Å²) in [7, 11) is 4.86. The van der Waals surface area contributed by atoms with E-state index >= 15 is 0 Å². The van der Waals surface area contributed by atoms with Gasteiger partial charge in [0.2, 0.25) is 0 Å². The molecule has 7 nitrogen and oxygen atoms in total. The first-order valence-corrected chi connectivity index (χ1v) is 7.92. The SMILES string of the molecule is CCn1nnc2cc(C(=O)N(C)c3ccc(OC)c(OC)c3)ccc21. The Bertz CT molecular complexity index is 920. The predicted molar refractivity (Wildman–Crippen MR) is 95.5 cm³/mol. The molecule has 0 N–H and O–H groups in total. The van der Waals surface area contributed by atoms with Crippen LogP contribution in [0.3, 0.4) is 0 Å². The van der Waals surface area contributed by atoms with Crippen LogP contribution in [0, 0.1) is 0 Å². The van der Waals surface area contributed by atoms with Gasteiger partial charge in [-0.15, -0.1) is 5.10 Å². The smallest absolute Gasteiger partial charge is 0.258 e. The van der Waals surface area contributed by atoms with Crippen molar-refractivity contribution >= 4 is 22.6 Å². The zero-order valence-corrected chi connectivity index (χ0v) is 14.7. The summed E-state index contributed by atoms with van der Waals surface area (Å²) in [5.74, 6) is 1.05. The molecule has 0 fully saturated rings. The van der Waals surface area contributed by atoms with Crippen LogP contribution in [0.5, 0.6) is 11.5 Å². The van der Waals surface area contributed by atoms with Gasteiger partial charge in [0.05, 0.1) is 19.7 Å². The Balaban J connectivity index is 1.92. The van der Waals surface area contributed by atoms with Crippen molar-refractivity contribution in [1.29, 1.82) is 0 Å². The lowest BCUT2D eigenvalue weighted by Crippen LogP contribution is -2.26. The van der Waals surface area contributed by atoms with Crippen molar-refractivity contribution in [2.24, 2.45) is 0 Å². The molecule has 0 aliphatic rings. The summed E-state index contributed by atoms with van der Waals surface area (Å²) in [6.45, 7) is 2.73. The number of aryl methyl sites for hydroxylation is 1. The van der Waals surface area contributed by atoms with E-state index in [0.29, 0.717) is 28.3 Å². The summed E-state index contributed by atoms with van der Waals surface area (Å²) in [5.41, 5.74) is 2.87. The number of methoxy groups -OCH3 is 2. The molecule has 0 aliphatic carbocycles. The highest BCUT2D eigenvalue weighted by Crippen LogP contribution is 2.31. The van der Waals surface area contributed by atoms with Crippen LogP contribution >= 0.6 is 0 Å². The number of rotatable bonds is 5. The van der Waals surface area contributed by atoms with Crippen LogP contribution in [0.1, 0.15) is 17.3 Å². The fourth-order valence-electron chi connectivity index (χ4n) is 2.68. The van der Waals surface area contributed by atoms with E-state index in [2.05, 4.69) is 10.3 Å². The van der Waals surface area contributed by atoms with E-state index in [4.69, 9.17) is 9.47 Å². The lowest BCUT2D eigenvalue weighted by atomic mass is 10.1. The number of anilines is 1. The number of hydrogen-bond acceptors (Lipinski definition) is 5. The van der Waals surface area contributed by atoms with E-state index in [1.165, 1.54) is 0 Å². The van der Waals surface area contributed by atoms with E-state index in [1.54, 1.807) is 55.1 Å². The fraction of sp³-hybridized carbons (Fsp3) is 0.278. The molecule has 2 aromatic carbocycles. The summed E-state index contributed by atoms with van der Waals surface area (Å²) >= 11 is 0. The monoisotopic (exact) mass is 340 g/mol. The second-order valence-corrected chi connectivity index (χ2v) is 5.51. The zero-order chi connectivity index (χ0) is 18.0. The number of nitrogens with zero attached hydrogens (tertiary/aromatic N) is 4. The Labute approximate surface area is 145 Å². The van der Waals surface area contributed by atoms with Gasteiger partial charge in [-0.3, -0.25) is 4.79 Å². The molecule has 0 bridgehead atoms. The van der Waals surface area contributed by atoms with Gasteiger partial charge in [0.25, 0.3) is 5.91 Å². The normalized spacial score (nSPS) is 10.7. The van der Waals surface area contributed by atoms with Gasteiger partial charge in [-0.1, -0.05) is 5.21 Å². The second-order valence-electron chi connectivity index (χ2n) is 5.51. The number of hydrogen-bond donors (Lipinski definition) is 0. The topological polar surface area (TPSA) is 69.5 Å². The van der Waals surface area contributed by atoms with Crippen molar-refractivity contribution in [1.82, 2.24) is 15.0 Å². The highest BCUT2D eigenvalue weighted by molar-refractivity contribution is 6.07. The molecule has 0 saturated carbocycles. The van der Waals surface area contributed by atoms with Gasteiger partial charge < -0.3 is 14.4 Å². The van der Waals surface area contributed by atoms with E-state index < -0.39 is 0 Å². The molecule has 0 saturated heterocycles. The van der Waals surface area contributed by atoms with Crippen molar-refractivity contribution in [3.8, 4) is 11.5 Å². The third-order valence-electron chi connectivity index (χ3n) is 4.12. The molecule has 1 aromatic heterocycles. The van der Waals surface area contributed by atoms with E-state index in [9.17, 15) is 4.79 Å². The maximum Gasteiger partial charge on any atom is 0.258 e. The molecule has 7 heteroatoms. The first-order valence-electron chi connectivity index (χ1n) is 7.92. The van der Waals surface area contributed by atoms with Crippen LogP contribution in [0.4, 0.5) is 5.69 Å². The molecule has 1 amide bonds. The van der Waals surface area contributed by atoms with Gasteiger partial charge in [0, 0.05) is 30.9 Å². The lowest BCUT2D eigenvalue weighted by Gasteiger charge is -2.19. The Morgan fingerprint density at radius 1 is 1.12 bits per heavy atom. The third kappa shape index (κ3) is 3.00. The largest absolute Gasteiger partial charge is 0.493 e. The summed E-state index contributed by atoms with van der Waals surface area (Å²) in [6, 6.07) is 10.8. The Morgan fingerprint density at radius 2 is 1.88 bits per heavy atom. The predicted octanol–water partition coefficient (Wildman–Crippen LogP) is 2.75. The van der Waals surface area contributed by atoms with Gasteiger partial charge in [-0.2, -0.15) is 0 Å². The molecule has 25 heavy (non-hydrogen) atoms. The van der Waals surface area contributed by atoms with Gasteiger partial charge in [0.1, 0.15) is 5.52 Å². The number of carbonyl (C=O) groups is 1. The molecule has 0 spiro atoms. The van der Waals surface area contributed by atoms with Crippen molar-refractivity contribution in [2.45, 2.75) is 13.5 Å². The maximum atomic E-state index is 12.8. The second kappa shape index (κ2) is 6.80. The summed E-state index contributed by atoms with van der Waals surface area (Å²) in [4.78, 5) is 14.4. The van der Waals surface area contributed by atoms with E-state index in [0.717, 1.165) is 12.1 Å². The highest BCUT2D eigenvalue weighted by Gasteiger charge is 2.17. The average Bonchev–Trinajstić information content (AvgIpc) is 3.08. The van der Waals surface area contributed by atoms with Crippen molar-refractivity contribution in [3.05, 3.63) is 42.0 Å². The molecular weight excluding hydrogens is 320 g/mol. The number of benzene rings is 2. The first kappa shape index (κ1) is 16.8. The number of carbonyl (C=O) groups excluding carboxylic acids is 1. The number of amides is 1. The molecule has 0 atom stereocenters. The molecule has 3 aromatic rings. The van der Waals surface area contributed by atoms with Crippen LogP contribution in [0.15, 0.2) is 36.4 Å². The van der Waals surface area contributed by atoms with E-state index in [1.807, 2.05) is 19.1 Å². The Kier molecular flexibility index (Phi) is 4.56. The minimum absolute atomic E-state index is 0.139. The Hall–Kier alpha value is -3.09. The minimum Gasteiger partial charge on any atom is -0.493 e. The molecule has 3 rings (SSSR count). The van der Waals surface area contributed by atoms with Crippen molar-refractivity contribution in [2.75, 3.05) is 26.2 Å². The minimum atomic E-state index is -0.139. The van der Waals surface area contributed by atoms with Gasteiger partial charge in [0.15, 0.2) is 11.5 Å². The summed E-state index contributed by atoms with van der Waals surface area (Å²) < 4.78 is 12.3. The van der Waals surface area contributed by atoms with Crippen LogP contribution in [0.2, 0.25) is 0 Å². The van der Waals surface area contributed by atoms with Crippen LogP contribution in [-0.2, 0) is 6.54 Å². The van der Waals surface area contributed by atoms with Gasteiger partial charge >= 0.3 is 0 Å². The molecule has 0 unspecified atom stereocenters. The quantitative estimate of drug-likeness (QED) is 0.714. The van der Waals surface area contributed by atoms with E-state index in [-0.39, 0.29) is 5.91 Å². The van der Waals surface area contributed by atoms with Crippen LogP contribution < -0.4 is 14.4 Å². The number of ether oxygens (including phenoxy) is 2. The Morgan fingerprint density at radius 3 is 2.56 bits per heavy atom. The zero-order valence-electron chi connectivity index (χ0n) is 14.7. The molecule has 1 heterocycles.